The van der Waals surface area contributed by atoms with Gasteiger partial charge in [0.2, 0.25) is 5.91 Å². The van der Waals surface area contributed by atoms with Crippen LogP contribution in [-0.2, 0) is 33.7 Å². The van der Waals surface area contributed by atoms with Crippen molar-refractivity contribution < 1.29 is 32.6 Å². The molecule has 1 aliphatic carbocycles. The van der Waals surface area contributed by atoms with Gasteiger partial charge in [0.15, 0.2) is 0 Å². The van der Waals surface area contributed by atoms with E-state index in [0.29, 0.717) is 13.0 Å². The van der Waals surface area contributed by atoms with E-state index < -0.39 is 12.1 Å². The number of hydrogen-bond donors (Lipinski definition) is 1. The number of alkyl halides is 3. The number of carboxylic acid groups (broad SMARTS) is 1. The van der Waals surface area contributed by atoms with E-state index in [9.17, 15) is 18.0 Å². The fraction of sp³-hybridized carbons (Fsp3) is 0.571. The van der Waals surface area contributed by atoms with Crippen LogP contribution in [0.3, 0.4) is 0 Å². The summed E-state index contributed by atoms with van der Waals surface area (Å²) in [5, 5.41) is 13.7. The van der Waals surface area contributed by atoms with Crippen LogP contribution in [-0.4, -0.2) is 57.6 Å². The average Bonchev–Trinajstić information content (AvgIpc) is 3.23. The Kier molecular flexibility index (Phi) is 7.94. The first-order chi connectivity index (χ1) is 15.2. The molecule has 1 N–H and O–H groups in total. The second-order valence-corrected chi connectivity index (χ2v) is 8.80. The molecule has 176 valence electrons. The zero-order chi connectivity index (χ0) is 23.3. The number of carbonyl (C=O) groups is 2. The Hall–Kier alpha value is -2.40. The molecule has 4 rings (SSSR count). The van der Waals surface area contributed by atoms with Gasteiger partial charge in [0.05, 0.1) is 31.0 Å². The molecule has 11 heteroatoms. The van der Waals surface area contributed by atoms with Gasteiger partial charge in [-0.05, 0) is 49.1 Å². The maximum Gasteiger partial charge on any atom is 0.490 e. The highest BCUT2D eigenvalue weighted by atomic mass is 32.1. The lowest BCUT2D eigenvalue weighted by atomic mass is 9.99. The van der Waals surface area contributed by atoms with Crippen LogP contribution in [0, 0.1) is 5.92 Å². The summed E-state index contributed by atoms with van der Waals surface area (Å²) < 4.78 is 39.8. The molecular formula is C21H26F3N3O4S. The third-order valence-electron chi connectivity index (χ3n) is 5.37. The van der Waals surface area contributed by atoms with Crippen LogP contribution >= 0.6 is 11.3 Å². The largest absolute Gasteiger partial charge is 0.490 e. The maximum atomic E-state index is 13.0. The van der Waals surface area contributed by atoms with Crippen molar-refractivity contribution in [1.29, 1.82) is 0 Å². The van der Waals surface area contributed by atoms with Gasteiger partial charge in [-0.15, -0.1) is 11.3 Å². The quantitative estimate of drug-likeness (QED) is 0.663. The monoisotopic (exact) mass is 473 g/mol. The van der Waals surface area contributed by atoms with Crippen molar-refractivity contribution in [3.63, 3.8) is 0 Å². The lowest BCUT2D eigenvalue weighted by molar-refractivity contribution is -0.192. The number of halogens is 3. The predicted molar refractivity (Wildman–Crippen MR) is 111 cm³/mol. The third kappa shape index (κ3) is 6.32. The SMILES string of the molecule is CCn1ncc2c1C(COCC1CC1)N(C(=O)Cc1cccs1)CC2.O=C(O)C(F)(F)F. The third-order valence-corrected chi connectivity index (χ3v) is 6.24. The molecular weight excluding hydrogens is 447 g/mol. The number of ether oxygens (including phenoxy) is 1. The molecule has 0 bridgehead atoms. The van der Waals surface area contributed by atoms with Crippen LogP contribution in [0.2, 0.25) is 0 Å². The summed E-state index contributed by atoms with van der Waals surface area (Å²) in [6, 6.07) is 4.02. The van der Waals surface area contributed by atoms with Crippen molar-refractivity contribution in [2.75, 3.05) is 19.8 Å². The van der Waals surface area contributed by atoms with Gasteiger partial charge in [0.25, 0.3) is 0 Å². The number of rotatable bonds is 7. The predicted octanol–water partition coefficient (Wildman–Crippen LogP) is 3.69. The lowest BCUT2D eigenvalue weighted by Crippen LogP contribution is -2.43. The van der Waals surface area contributed by atoms with Gasteiger partial charge >= 0.3 is 12.1 Å². The number of carboxylic acids is 1. The number of thiophene rings is 1. The minimum atomic E-state index is -5.08. The zero-order valence-corrected chi connectivity index (χ0v) is 18.5. The smallest absolute Gasteiger partial charge is 0.475 e. The zero-order valence-electron chi connectivity index (χ0n) is 17.7. The van der Waals surface area contributed by atoms with Gasteiger partial charge in [0.1, 0.15) is 0 Å². The molecule has 1 fully saturated rings. The van der Waals surface area contributed by atoms with Crippen molar-refractivity contribution in [1.82, 2.24) is 14.7 Å². The van der Waals surface area contributed by atoms with Crippen molar-refractivity contribution >= 4 is 23.2 Å². The lowest BCUT2D eigenvalue weighted by Gasteiger charge is -2.36. The molecule has 2 aromatic heterocycles. The van der Waals surface area contributed by atoms with Crippen molar-refractivity contribution in [2.45, 2.75) is 51.4 Å². The average molecular weight is 474 g/mol. The topological polar surface area (TPSA) is 84.7 Å². The Balaban J connectivity index is 0.000000360. The number of hydrogen-bond acceptors (Lipinski definition) is 5. The normalized spacial score (nSPS) is 18.0. The molecule has 0 aromatic carbocycles. The highest BCUT2D eigenvalue weighted by Crippen LogP contribution is 2.33. The number of carbonyl (C=O) groups excluding carboxylic acids is 1. The molecule has 0 radical (unpaired) electrons. The van der Waals surface area contributed by atoms with Crippen LogP contribution in [0.4, 0.5) is 13.2 Å². The highest BCUT2D eigenvalue weighted by molar-refractivity contribution is 7.10. The van der Waals surface area contributed by atoms with Crippen LogP contribution in [0.25, 0.3) is 0 Å². The van der Waals surface area contributed by atoms with E-state index in [-0.39, 0.29) is 11.9 Å². The van der Waals surface area contributed by atoms with Gasteiger partial charge in [-0.1, -0.05) is 6.07 Å². The number of aryl methyl sites for hydroxylation is 1. The van der Waals surface area contributed by atoms with Gasteiger partial charge in [-0.2, -0.15) is 18.3 Å². The minimum Gasteiger partial charge on any atom is -0.475 e. The number of amides is 1. The van der Waals surface area contributed by atoms with Crippen LogP contribution in [0.15, 0.2) is 23.7 Å². The van der Waals surface area contributed by atoms with Crippen LogP contribution < -0.4 is 0 Å². The molecule has 3 heterocycles. The van der Waals surface area contributed by atoms with E-state index in [4.69, 9.17) is 14.6 Å². The van der Waals surface area contributed by atoms with Gasteiger partial charge in [-0.3, -0.25) is 9.48 Å². The first-order valence-electron chi connectivity index (χ1n) is 10.4. The molecule has 7 nitrogen and oxygen atoms in total. The van der Waals surface area contributed by atoms with Crippen molar-refractivity contribution in [2.24, 2.45) is 5.92 Å². The van der Waals surface area contributed by atoms with E-state index in [0.717, 1.165) is 36.9 Å². The molecule has 2 aromatic rings. The van der Waals surface area contributed by atoms with Gasteiger partial charge < -0.3 is 14.7 Å². The first kappa shape index (κ1) is 24.2. The number of fused-ring (bicyclic) bond motifs is 1. The summed E-state index contributed by atoms with van der Waals surface area (Å²) in [6.45, 7) is 5.07. The van der Waals surface area contributed by atoms with Crippen LogP contribution in [0.1, 0.15) is 41.9 Å². The first-order valence-corrected chi connectivity index (χ1v) is 11.3. The van der Waals surface area contributed by atoms with E-state index >= 15 is 0 Å². The number of aromatic nitrogens is 2. The Morgan fingerprint density at radius 3 is 2.59 bits per heavy atom. The maximum absolute atomic E-state index is 13.0. The molecule has 1 amide bonds. The second kappa shape index (κ2) is 10.5. The van der Waals surface area contributed by atoms with Crippen molar-refractivity contribution in [3.05, 3.63) is 39.8 Å². The van der Waals surface area contributed by atoms with Crippen molar-refractivity contribution in [3.8, 4) is 0 Å². The second-order valence-electron chi connectivity index (χ2n) is 7.76. The highest BCUT2D eigenvalue weighted by Gasteiger charge is 2.38. The van der Waals surface area contributed by atoms with E-state index in [1.54, 1.807) is 11.3 Å². The Morgan fingerprint density at radius 2 is 2.03 bits per heavy atom. The van der Waals surface area contributed by atoms with Crippen LogP contribution in [0.5, 0.6) is 0 Å². The summed E-state index contributed by atoms with van der Waals surface area (Å²) in [7, 11) is 0. The number of nitrogens with zero attached hydrogens (tertiary/aromatic N) is 3. The minimum absolute atomic E-state index is 0.0163. The molecule has 0 saturated heterocycles. The molecule has 1 atom stereocenters. The summed E-state index contributed by atoms with van der Waals surface area (Å²) in [5.74, 6) is -1.83. The molecule has 32 heavy (non-hydrogen) atoms. The fourth-order valence-corrected chi connectivity index (χ4v) is 4.27. The number of aliphatic carboxylic acids is 1. The van der Waals surface area contributed by atoms with E-state index in [1.807, 2.05) is 33.3 Å². The molecule has 1 unspecified atom stereocenters. The molecule has 2 aliphatic rings. The molecule has 0 spiro atoms. The Labute approximate surface area is 187 Å². The van der Waals surface area contributed by atoms with E-state index in [1.165, 1.54) is 24.1 Å². The van der Waals surface area contributed by atoms with Gasteiger partial charge in [0, 0.05) is 24.6 Å². The summed E-state index contributed by atoms with van der Waals surface area (Å²) in [5.41, 5.74) is 2.44. The summed E-state index contributed by atoms with van der Waals surface area (Å²) in [4.78, 5) is 25.0. The Bertz CT molecular complexity index is 897. The molecule has 1 aliphatic heterocycles. The van der Waals surface area contributed by atoms with E-state index in [2.05, 4.69) is 12.0 Å². The summed E-state index contributed by atoms with van der Waals surface area (Å²) >= 11 is 1.65. The van der Waals surface area contributed by atoms with Gasteiger partial charge in [-0.25, -0.2) is 4.79 Å². The Morgan fingerprint density at radius 1 is 1.31 bits per heavy atom. The molecule has 1 saturated carbocycles. The fourth-order valence-electron chi connectivity index (χ4n) is 3.57. The summed E-state index contributed by atoms with van der Waals surface area (Å²) in [6.07, 6.45) is 0.804. The standard InChI is InChI=1S/C19H25N3O2S.C2HF3O2/c1-2-22-19-15(11-20-22)7-8-21(17(19)13-24-12-14-5-6-14)18(23)10-16-4-3-9-25-16;3-2(4,5)1(6)7/h3-4,9,11,14,17H,2,5-8,10,12-13H2,1H3;(H,6,7).